The zero-order chi connectivity index (χ0) is 16.9. The molecule has 1 aromatic rings. The van der Waals surface area contributed by atoms with Crippen LogP contribution in [-0.4, -0.2) is 35.1 Å². The molecule has 0 N–H and O–H groups in total. The van der Waals surface area contributed by atoms with Gasteiger partial charge in [-0.15, -0.1) is 0 Å². The monoisotopic (exact) mass is 350 g/mol. The van der Waals surface area contributed by atoms with E-state index < -0.39 is 0 Å². The molecule has 4 heterocycles. The lowest BCUT2D eigenvalue weighted by atomic mass is 9.82. The van der Waals surface area contributed by atoms with Crippen molar-refractivity contribution in [3.63, 3.8) is 0 Å². The highest BCUT2D eigenvalue weighted by molar-refractivity contribution is 8.11. The molecule has 128 valence electrons. The predicted octanol–water partition coefficient (Wildman–Crippen LogP) is 4.48. The summed E-state index contributed by atoms with van der Waals surface area (Å²) in [5, 5.41) is 8.92. The Balaban J connectivity index is 1.28. The van der Waals surface area contributed by atoms with E-state index in [0.29, 0.717) is 5.69 Å². The second-order valence-electron chi connectivity index (χ2n) is 8.05. The molecule has 2 atom stereocenters. The summed E-state index contributed by atoms with van der Waals surface area (Å²) in [4.78, 5) is 7.18. The zero-order valence-corrected chi connectivity index (χ0v) is 15.4. The average molecular weight is 351 g/mol. The van der Waals surface area contributed by atoms with E-state index in [1.807, 2.05) is 30.1 Å². The van der Waals surface area contributed by atoms with Crippen LogP contribution >= 0.6 is 11.8 Å². The molecule has 4 heteroatoms. The van der Waals surface area contributed by atoms with E-state index in [1.165, 1.54) is 61.1 Å². The number of pyridine rings is 1. The summed E-state index contributed by atoms with van der Waals surface area (Å²) in [6.07, 6.45) is 12.3. The van der Waals surface area contributed by atoms with Crippen molar-refractivity contribution in [2.75, 3.05) is 19.6 Å². The summed E-state index contributed by atoms with van der Waals surface area (Å²) < 4.78 is 1.42. The van der Waals surface area contributed by atoms with Crippen molar-refractivity contribution in [1.29, 1.82) is 5.26 Å². The van der Waals surface area contributed by atoms with Gasteiger partial charge in [0.2, 0.25) is 0 Å². The van der Waals surface area contributed by atoms with Crippen molar-refractivity contribution in [2.45, 2.75) is 44.6 Å². The maximum absolute atomic E-state index is 8.92. The molecule has 1 saturated heterocycles. The lowest BCUT2D eigenvalue weighted by Gasteiger charge is -2.28. The molecule has 2 unspecified atom stereocenters. The van der Waals surface area contributed by atoms with Crippen LogP contribution in [0.3, 0.4) is 0 Å². The minimum atomic E-state index is 0.495. The van der Waals surface area contributed by atoms with Gasteiger partial charge in [0.15, 0.2) is 0 Å². The number of rotatable bonds is 2. The van der Waals surface area contributed by atoms with Crippen LogP contribution in [0.5, 0.6) is 0 Å². The maximum Gasteiger partial charge on any atom is 0.142 e. The third-order valence-corrected chi connectivity index (χ3v) is 8.14. The van der Waals surface area contributed by atoms with Crippen LogP contribution < -0.4 is 0 Å². The van der Waals surface area contributed by atoms with Gasteiger partial charge >= 0.3 is 0 Å². The molecule has 0 radical (unpaired) electrons. The molecule has 1 saturated carbocycles. The zero-order valence-electron chi connectivity index (χ0n) is 14.6. The minimum absolute atomic E-state index is 0.495. The van der Waals surface area contributed by atoms with Gasteiger partial charge in [-0.3, -0.25) is 0 Å². The van der Waals surface area contributed by atoms with Crippen molar-refractivity contribution in [2.24, 2.45) is 5.92 Å². The molecule has 2 fully saturated rings. The number of thioether (sulfide) groups is 1. The van der Waals surface area contributed by atoms with E-state index in [9.17, 15) is 0 Å². The molecule has 25 heavy (non-hydrogen) atoms. The Morgan fingerprint density at radius 1 is 1.20 bits per heavy atom. The number of hydrogen-bond acceptors (Lipinski definition) is 3. The number of hydrogen-bond donors (Lipinski definition) is 0. The highest BCUT2D eigenvalue weighted by Crippen LogP contribution is 2.50. The van der Waals surface area contributed by atoms with Crippen molar-refractivity contribution < 1.29 is 4.48 Å². The summed E-state index contributed by atoms with van der Waals surface area (Å²) >= 11 is 1.96. The average Bonchev–Trinajstić information content (AvgIpc) is 3.34. The Morgan fingerprint density at radius 2 is 2.08 bits per heavy atom. The van der Waals surface area contributed by atoms with Crippen molar-refractivity contribution in [3.8, 4) is 6.07 Å². The van der Waals surface area contributed by atoms with Crippen molar-refractivity contribution >= 4 is 16.7 Å². The summed E-state index contributed by atoms with van der Waals surface area (Å²) in [6.45, 7) is 4.18. The highest BCUT2D eigenvalue weighted by Gasteiger charge is 2.59. The van der Waals surface area contributed by atoms with Gasteiger partial charge in [-0.05, 0) is 36.3 Å². The molecule has 0 aromatic carbocycles. The fourth-order valence-electron chi connectivity index (χ4n) is 4.88. The Morgan fingerprint density at radius 3 is 2.80 bits per heavy atom. The second kappa shape index (κ2) is 6.00. The van der Waals surface area contributed by atoms with Crippen LogP contribution in [0.15, 0.2) is 34.9 Å². The topological polar surface area (TPSA) is 36.7 Å². The van der Waals surface area contributed by atoms with E-state index in [-0.39, 0.29) is 0 Å². The maximum atomic E-state index is 8.92. The highest BCUT2D eigenvalue weighted by atomic mass is 32.2. The number of nitriles is 1. The summed E-state index contributed by atoms with van der Waals surface area (Å²) in [7, 11) is 0. The fraction of sp³-hybridized carbons (Fsp3) is 0.524. The molecular formula is C21H24N3S+. The van der Waals surface area contributed by atoms with Crippen LogP contribution in [0.4, 0.5) is 0 Å². The summed E-state index contributed by atoms with van der Waals surface area (Å²) in [6, 6.07) is 6.96. The van der Waals surface area contributed by atoms with Gasteiger partial charge in [0.25, 0.3) is 0 Å². The Hall–Kier alpha value is -1.57. The number of aromatic nitrogens is 1. The van der Waals surface area contributed by atoms with Crippen LogP contribution in [0.25, 0.3) is 4.91 Å². The first-order chi connectivity index (χ1) is 12.3. The second-order valence-corrected chi connectivity index (χ2v) is 9.19. The molecule has 3 nitrogen and oxygen atoms in total. The van der Waals surface area contributed by atoms with Gasteiger partial charge < -0.3 is 4.48 Å². The molecule has 1 spiro atoms. The molecule has 0 amide bonds. The molecular weight excluding hydrogens is 326 g/mol. The molecule has 1 aliphatic carbocycles. The predicted molar refractivity (Wildman–Crippen MR) is 101 cm³/mol. The Labute approximate surface area is 154 Å². The van der Waals surface area contributed by atoms with Crippen LogP contribution in [0.2, 0.25) is 0 Å². The minimum Gasteiger partial charge on any atom is -0.311 e. The largest absolute Gasteiger partial charge is 0.311 e. The Kier molecular flexibility index (Phi) is 3.76. The van der Waals surface area contributed by atoms with E-state index in [1.54, 1.807) is 10.5 Å². The van der Waals surface area contributed by atoms with Gasteiger partial charge in [0.05, 0.1) is 13.1 Å². The third kappa shape index (κ3) is 2.74. The SMILES string of the molecule is N#Cc1ccc(C2=CCC3=C(CC[N+]4(CC3)CC4C3CCC3)S2)cn1. The number of allylic oxidation sites excluding steroid dienone is 1. The van der Waals surface area contributed by atoms with Crippen LogP contribution in [0, 0.1) is 17.2 Å². The normalized spacial score (nSPS) is 31.6. The number of quaternary nitrogens is 1. The fourth-order valence-corrected chi connectivity index (χ4v) is 6.08. The lowest BCUT2D eigenvalue weighted by Crippen LogP contribution is -2.35. The lowest BCUT2D eigenvalue weighted by molar-refractivity contribution is -0.815. The first kappa shape index (κ1) is 15.7. The molecule has 3 aliphatic heterocycles. The summed E-state index contributed by atoms with van der Waals surface area (Å²) in [5.74, 6) is 1.04. The van der Waals surface area contributed by atoms with E-state index in [2.05, 4.69) is 17.1 Å². The van der Waals surface area contributed by atoms with E-state index >= 15 is 0 Å². The van der Waals surface area contributed by atoms with Gasteiger partial charge in [-0.1, -0.05) is 29.8 Å². The van der Waals surface area contributed by atoms with Gasteiger partial charge in [-0.25, -0.2) is 4.98 Å². The van der Waals surface area contributed by atoms with Gasteiger partial charge in [0, 0.05) is 35.4 Å². The first-order valence-corrected chi connectivity index (χ1v) is 10.4. The molecule has 0 bridgehead atoms. The summed E-state index contributed by atoms with van der Waals surface area (Å²) in [5.41, 5.74) is 3.34. The van der Waals surface area contributed by atoms with Gasteiger partial charge in [0.1, 0.15) is 24.3 Å². The quantitative estimate of drug-likeness (QED) is 0.583. The third-order valence-electron chi connectivity index (χ3n) is 6.78. The molecule has 5 rings (SSSR count). The first-order valence-electron chi connectivity index (χ1n) is 9.59. The van der Waals surface area contributed by atoms with Gasteiger partial charge in [-0.2, -0.15) is 5.26 Å². The number of nitrogens with zero attached hydrogens (tertiary/aromatic N) is 3. The molecule has 1 aromatic heterocycles. The van der Waals surface area contributed by atoms with E-state index in [4.69, 9.17) is 5.26 Å². The Bertz CT molecular complexity index is 797. The van der Waals surface area contributed by atoms with Crippen molar-refractivity contribution in [3.05, 3.63) is 46.1 Å². The smallest absolute Gasteiger partial charge is 0.142 e. The molecule has 4 aliphatic rings. The standard InChI is InChI=1S/C21H24N3S/c22-12-18-6-4-17(13-23-18)20-7-5-16-8-10-24(11-9-21(16)25-20)14-19(24)15-2-1-3-15/h4,6-7,13,15,19H,1-3,5,8-11,14H2/q+1. The van der Waals surface area contributed by atoms with Crippen LogP contribution in [0.1, 0.15) is 49.8 Å². The van der Waals surface area contributed by atoms with Crippen molar-refractivity contribution in [1.82, 2.24) is 4.98 Å². The van der Waals surface area contributed by atoms with E-state index in [0.717, 1.165) is 23.9 Å². The van der Waals surface area contributed by atoms with Crippen LogP contribution in [-0.2, 0) is 0 Å².